The Bertz CT molecular complexity index is 691. The maximum Gasteiger partial charge on any atom is 0.224 e. The van der Waals surface area contributed by atoms with Crippen LogP contribution in [0.5, 0.6) is 11.5 Å². The highest BCUT2D eigenvalue weighted by atomic mass is 35.5. The van der Waals surface area contributed by atoms with Gasteiger partial charge in [0.1, 0.15) is 23.9 Å². The van der Waals surface area contributed by atoms with Crippen LogP contribution in [0.3, 0.4) is 0 Å². The lowest BCUT2D eigenvalue weighted by atomic mass is 10.1. The molecule has 0 radical (unpaired) electrons. The van der Waals surface area contributed by atoms with Crippen LogP contribution in [-0.4, -0.2) is 25.7 Å². The zero-order valence-corrected chi connectivity index (χ0v) is 14.3. The molecule has 0 bridgehead atoms. The maximum absolute atomic E-state index is 13.7. The van der Waals surface area contributed by atoms with Crippen LogP contribution < -0.4 is 14.8 Å². The minimum atomic E-state index is -0.486. The average molecular weight is 352 g/mol. The maximum atomic E-state index is 13.7. The van der Waals surface area contributed by atoms with E-state index in [4.69, 9.17) is 21.1 Å². The van der Waals surface area contributed by atoms with Crippen molar-refractivity contribution < 1.29 is 18.7 Å². The second kappa shape index (κ2) is 8.55. The van der Waals surface area contributed by atoms with Crippen molar-refractivity contribution in [3.8, 4) is 11.5 Å². The standard InChI is InChI=1S/C18H19ClFNO3/c1-12(11-24-16-7-5-15(23-2)6-8-16)21-18(22)9-13-3-4-14(19)10-17(13)20/h3-8,10,12H,9,11H2,1-2H3,(H,21,22). The number of halogens is 2. The first-order chi connectivity index (χ1) is 11.5. The van der Waals surface area contributed by atoms with E-state index in [9.17, 15) is 9.18 Å². The molecule has 1 N–H and O–H groups in total. The number of nitrogens with one attached hydrogen (secondary N) is 1. The van der Waals surface area contributed by atoms with E-state index in [1.165, 1.54) is 12.1 Å². The van der Waals surface area contributed by atoms with Crippen LogP contribution in [0, 0.1) is 5.82 Å². The van der Waals surface area contributed by atoms with E-state index in [0.29, 0.717) is 22.9 Å². The van der Waals surface area contributed by atoms with Crippen molar-refractivity contribution >= 4 is 17.5 Å². The number of benzene rings is 2. The molecule has 0 saturated heterocycles. The van der Waals surface area contributed by atoms with Gasteiger partial charge in [0, 0.05) is 5.02 Å². The van der Waals surface area contributed by atoms with Gasteiger partial charge in [0.15, 0.2) is 0 Å². The molecule has 2 rings (SSSR count). The van der Waals surface area contributed by atoms with Crippen molar-refractivity contribution in [2.75, 3.05) is 13.7 Å². The fourth-order valence-corrected chi connectivity index (χ4v) is 2.26. The average Bonchev–Trinajstić information content (AvgIpc) is 2.56. The Labute approximate surface area is 145 Å². The molecule has 2 aromatic carbocycles. The monoisotopic (exact) mass is 351 g/mol. The fourth-order valence-electron chi connectivity index (χ4n) is 2.10. The smallest absolute Gasteiger partial charge is 0.224 e. The Morgan fingerprint density at radius 1 is 1.21 bits per heavy atom. The van der Waals surface area contributed by atoms with E-state index in [0.717, 1.165) is 5.75 Å². The Morgan fingerprint density at radius 2 is 1.88 bits per heavy atom. The molecule has 2 aromatic rings. The van der Waals surface area contributed by atoms with Gasteiger partial charge in [0.05, 0.1) is 19.6 Å². The number of rotatable bonds is 7. The molecule has 0 fully saturated rings. The van der Waals surface area contributed by atoms with E-state index < -0.39 is 5.82 Å². The van der Waals surface area contributed by atoms with E-state index in [1.54, 1.807) is 37.4 Å². The molecule has 0 aliphatic heterocycles. The van der Waals surface area contributed by atoms with Crippen LogP contribution in [0.1, 0.15) is 12.5 Å². The highest BCUT2D eigenvalue weighted by Gasteiger charge is 2.12. The molecule has 128 valence electrons. The number of ether oxygens (including phenoxy) is 2. The molecular weight excluding hydrogens is 333 g/mol. The fraction of sp³-hybridized carbons (Fsp3) is 0.278. The minimum absolute atomic E-state index is 0.0458. The third kappa shape index (κ3) is 5.42. The van der Waals surface area contributed by atoms with Crippen molar-refractivity contribution in [1.29, 1.82) is 0 Å². The third-order valence-electron chi connectivity index (χ3n) is 3.33. The lowest BCUT2D eigenvalue weighted by molar-refractivity contribution is -0.121. The molecular formula is C18H19ClFNO3. The third-order valence-corrected chi connectivity index (χ3v) is 3.57. The summed E-state index contributed by atoms with van der Waals surface area (Å²) >= 11 is 5.69. The SMILES string of the molecule is COc1ccc(OCC(C)NC(=O)Cc2ccc(Cl)cc2F)cc1. The van der Waals surface area contributed by atoms with Crippen LogP contribution in [-0.2, 0) is 11.2 Å². The molecule has 0 heterocycles. The van der Waals surface area contributed by atoms with Crippen molar-refractivity contribution in [2.45, 2.75) is 19.4 Å². The Balaban J connectivity index is 1.80. The summed E-state index contributed by atoms with van der Waals surface area (Å²) in [4.78, 5) is 12.0. The second-order valence-electron chi connectivity index (χ2n) is 5.37. The van der Waals surface area contributed by atoms with Crippen LogP contribution in [0.4, 0.5) is 4.39 Å². The lowest BCUT2D eigenvalue weighted by Gasteiger charge is -2.15. The number of carbonyl (C=O) groups is 1. The van der Waals surface area contributed by atoms with Gasteiger partial charge in [0.2, 0.25) is 5.91 Å². The Morgan fingerprint density at radius 3 is 2.50 bits per heavy atom. The number of amides is 1. The molecule has 0 spiro atoms. The molecule has 24 heavy (non-hydrogen) atoms. The summed E-state index contributed by atoms with van der Waals surface area (Å²) in [5.74, 6) is 0.663. The molecule has 1 unspecified atom stereocenters. The van der Waals surface area contributed by atoms with Crippen molar-refractivity contribution in [3.05, 3.63) is 58.9 Å². The van der Waals surface area contributed by atoms with Gasteiger partial charge in [-0.05, 0) is 48.9 Å². The number of methoxy groups -OCH3 is 1. The first-order valence-electron chi connectivity index (χ1n) is 7.48. The summed E-state index contributed by atoms with van der Waals surface area (Å²) in [5, 5.41) is 3.08. The highest BCUT2D eigenvalue weighted by molar-refractivity contribution is 6.30. The van der Waals surface area contributed by atoms with Gasteiger partial charge in [-0.1, -0.05) is 17.7 Å². The summed E-state index contributed by atoms with van der Waals surface area (Å²) in [7, 11) is 1.59. The quantitative estimate of drug-likeness (QED) is 0.829. The van der Waals surface area contributed by atoms with Gasteiger partial charge in [-0.3, -0.25) is 4.79 Å². The van der Waals surface area contributed by atoms with Crippen LogP contribution in [0.25, 0.3) is 0 Å². The topological polar surface area (TPSA) is 47.6 Å². The van der Waals surface area contributed by atoms with Gasteiger partial charge in [-0.25, -0.2) is 4.39 Å². The highest BCUT2D eigenvalue weighted by Crippen LogP contribution is 2.17. The molecule has 0 aromatic heterocycles. The molecule has 0 aliphatic rings. The largest absolute Gasteiger partial charge is 0.497 e. The minimum Gasteiger partial charge on any atom is -0.497 e. The van der Waals surface area contributed by atoms with E-state index in [2.05, 4.69) is 5.32 Å². The zero-order chi connectivity index (χ0) is 17.5. The van der Waals surface area contributed by atoms with E-state index >= 15 is 0 Å². The first kappa shape index (κ1) is 18.1. The van der Waals surface area contributed by atoms with E-state index in [-0.39, 0.29) is 18.4 Å². The van der Waals surface area contributed by atoms with Gasteiger partial charge < -0.3 is 14.8 Å². The number of hydrogen-bond donors (Lipinski definition) is 1. The van der Waals surface area contributed by atoms with Crippen molar-refractivity contribution in [1.82, 2.24) is 5.32 Å². The van der Waals surface area contributed by atoms with E-state index in [1.807, 2.05) is 6.92 Å². The first-order valence-corrected chi connectivity index (χ1v) is 7.86. The molecule has 1 atom stereocenters. The molecule has 0 aliphatic carbocycles. The zero-order valence-electron chi connectivity index (χ0n) is 13.5. The van der Waals surface area contributed by atoms with Gasteiger partial charge >= 0.3 is 0 Å². The molecule has 0 saturated carbocycles. The molecule has 1 amide bonds. The predicted molar refractivity (Wildman–Crippen MR) is 91.2 cm³/mol. The van der Waals surface area contributed by atoms with Crippen LogP contribution >= 0.6 is 11.6 Å². The summed E-state index contributed by atoms with van der Waals surface area (Å²) < 4.78 is 24.3. The normalized spacial score (nSPS) is 11.7. The number of hydrogen-bond acceptors (Lipinski definition) is 3. The van der Waals surface area contributed by atoms with Gasteiger partial charge in [-0.15, -0.1) is 0 Å². The summed E-state index contributed by atoms with van der Waals surface area (Å²) in [6.45, 7) is 2.13. The summed E-state index contributed by atoms with van der Waals surface area (Å²) in [6, 6.07) is 11.2. The van der Waals surface area contributed by atoms with Crippen LogP contribution in [0.15, 0.2) is 42.5 Å². The predicted octanol–water partition coefficient (Wildman–Crippen LogP) is 3.61. The summed E-state index contributed by atoms with van der Waals surface area (Å²) in [5.41, 5.74) is 0.306. The van der Waals surface area contributed by atoms with Crippen LogP contribution in [0.2, 0.25) is 5.02 Å². The Kier molecular flexibility index (Phi) is 6.44. The molecule has 6 heteroatoms. The van der Waals surface area contributed by atoms with Gasteiger partial charge in [-0.2, -0.15) is 0 Å². The van der Waals surface area contributed by atoms with Gasteiger partial charge in [0.25, 0.3) is 0 Å². The van der Waals surface area contributed by atoms with Crippen molar-refractivity contribution in [2.24, 2.45) is 0 Å². The Hall–Kier alpha value is -2.27. The lowest BCUT2D eigenvalue weighted by Crippen LogP contribution is -2.37. The number of carbonyl (C=O) groups excluding carboxylic acids is 1. The summed E-state index contributed by atoms with van der Waals surface area (Å²) in [6.07, 6.45) is -0.0458. The van der Waals surface area contributed by atoms with Crippen molar-refractivity contribution in [3.63, 3.8) is 0 Å². The second-order valence-corrected chi connectivity index (χ2v) is 5.80. The molecule has 4 nitrogen and oxygen atoms in total.